The number of carbonyl (C=O) groups is 1. The smallest absolute Gasteiger partial charge is 0.191 e. The summed E-state index contributed by atoms with van der Waals surface area (Å²) in [7, 11) is 3.12. The molecule has 3 rings (SSSR count). The van der Waals surface area contributed by atoms with Gasteiger partial charge in [-0.15, -0.1) is 21.5 Å². The van der Waals surface area contributed by atoms with Crippen LogP contribution in [0.3, 0.4) is 0 Å². The third-order valence-corrected chi connectivity index (χ3v) is 5.65. The van der Waals surface area contributed by atoms with Crippen molar-refractivity contribution in [1.82, 2.24) is 14.8 Å². The Balaban J connectivity index is 1.76. The number of ketones is 1. The lowest BCUT2D eigenvalue weighted by Crippen LogP contribution is -2.07. The van der Waals surface area contributed by atoms with E-state index in [1.165, 1.54) is 11.8 Å². The number of thiophene rings is 1. The van der Waals surface area contributed by atoms with Crippen LogP contribution in [0, 0.1) is 0 Å². The Bertz CT molecular complexity index is 891. The van der Waals surface area contributed by atoms with Gasteiger partial charge < -0.3 is 14.0 Å². The summed E-state index contributed by atoms with van der Waals surface area (Å²) in [5, 5.41) is 11.3. The molecule has 0 spiro atoms. The van der Waals surface area contributed by atoms with Crippen LogP contribution in [0.15, 0.2) is 40.9 Å². The van der Waals surface area contributed by atoms with E-state index in [9.17, 15) is 4.79 Å². The SMILES string of the molecule is CCn1c(SCC(=O)c2ccc(OC)cc2OC)nnc1-c1cccs1. The van der Waals surface area contributed by atoms with E-state index < -0.39 is 0 Å². The van der Waals surface area contributed by atoms with Crippen LogP contribution in [-0.4, -0.2) is 40.5 Å². The van der Waals surface area contributed by atoms with E-state index in [1.54, 1.807) is 43.8 Å². The Labute approximate surface area is 160 Å². The van der Waals surface area contributed by atoms with E-state index in [-0.39, 0.29) is 11.5 Å². The molecule has 0 aliphatic rings. The molecule has 26 heavy (non-hydrogen) atoms. The molecule has 0 amide bonds. The summed E-state index contributed by atoms with van der Waals surface area (Å²) >= 11 is 3.00. The second-order valence-corrected chi connectivity index (χ2v) is 7.20. The lowest BCUT2D eigenvalue weighted by atomic mass is 10.1. The monoisotopic (exact) mass is 389 g/mol. The van der Waals surface area contributed by atoms with Crippen LogP contribution in [0.5, 0.6) is 11.5 Å². The van der Waals surface area contributed by atoms with Crippen molar-refractivity contribution in [1.29, 1.82) is 0 Å². The van der Waals surface area contributed by atoms with Crippen molar-refractivity contribution in [2.75, 3.05) is 20.0 Å². The number of nitrogens with zero attached hydrogens (tertiary/aromatic N) is 3. The summed E-state index contributed by atoms with van der Waals surface area (Å²) < 4.78 is 12.5. The molecule has 0 bridgehead atoms. The minimum atomic E-state index is -0.0298. The molecule has 6 nitrogen and oxygen atoms in total. The summed E-state index contributed by atoms with van der Waals surface area (Å²) in [6.45, 7) is 2.78. The molecule has 0 saturated heterocycles. The number of methoxy groups -OCH3 is 2. The molecule has 0 aliphatic heterocycles. The fraction of sp³-hybridized carbons (Fsp3) is 0.278. The Hall–Kier alpha value is -2.32. The van der Waals surface area contributed by atoms with Crippen molar-refractivity contribution in [3.05, 3.63) is 41.3 Å². The van der Waals surface area contributed by atoms with Gasteiger partial charge in [-0.3, -0.25) is 4.79 Å². The van der Waals surface area contributed by atoms with Crippen LogP contribution in [0.25, 0.3) is 10.7 Å². The molecule has 2 heterocycles. The topological polar surface area (TPSA) is 66.2 Å². The van der Waals surface area contributed by atoms with Gasteiger partial charge in [-0.25, -0.2) is 0 Å². The molecule has 2 aromatic heterocycles. The number of benzene rings is 1. The first-order valence-electron chi connectivity index (χ1n) is 8.03. The first kappa shape index (κ1) is 18.5. The Morgan fingerprint density at radius 3 is 2.73 bits per heavy atom. The predicted octanol–water partition coefficient (Wildman–Crippen LogP) is 4.02. The minimum absolute atomic E-state index is 0.0298. The quantitative estimate of drug-likeness (QED) is 0.428. The Kier molecular flexibility index (Phi) is 5.95. The van der Waals surface area contributed by atoms with Crippen molar-refractivity contribution >= 4 is 28.9 Å². The molecule has 0 aliphatic carbocycles. The number of hydrogen-bond donors (Lipinski definition) is 0. The van der Waals surface area contributed by atoms with E-state index in [2.05, 4.69) is 10.2 Å². The second-order valence-electron chi connectivity index (χ2n) is 5.31. The van der Waals surface area contributed by atoms with E-state index in [4.69, 9.17) is 9.47 Å². The standard InChI is InChI=1S/C18H19N3O3S2/c1-4-21-17(16-6-5-9-25-16)19-20-18(21)26-11-14(22)13-8-7-12(23-2)10-15(13)24-3/h5-10H,4,11H2,1-3H3. The third-order valence-electron chi connectivity index (χ3n) is 3.82. The Morgan fingerprint density at radius 1 is 1.23 bits per heavy atom. The van der Waals surface area contributed by atoms with Gasteiger partial charge in [0.1, 0.15) is 11.5 Å². The van der Waals surface area contributed by atoms with Crippen molar-refractivity contribution in [2.45, 2.75) is 18.6 Å². The van der Waals surface area contributed by atoms with Crippen LogP contribution in [0.4, 0.5) is 0 Å². The predicted molar refractivity (Wildman–Crippen MR) is 104 cm³/mol. The number of hydrogen-bond acceptors (Lipinski definition) is 7. The maximum Gasteiger partial charge on any atom is 0.191 e. The van der Waals surface area contributed by atoms with Crippen molar-refractivity contribution in [3.8, 4) is 22.2 Å². The molecular formula is C18H19N3O3S2. The molecule has 136 valence electrons. The first-order valence-corrected chi connectivity index (χ1v) is 9.89. The summed E-state index contributed by atoms with van der Waals surface area (Å²) in [5.74, 6) is 2.21. The minimum Gasteiger partial charge on any atom is -0.497 e. The molecule has 0 N–H and O–H groups in total. The number of thioether (sulfide) groups is 1. The van der Waals surface area contributed by atoms with Crippen molar-refractivity contribution < 1.29 is 14.3 Å². The maximum atomic E-state index is 12.6. The maximum absolute atomic E-state index is 12.6. The molecule has 0 unspecified atom stereocenters. The van der Waals surface area contributed by atoms with Crippen LogP contribution in [0.1, 0.15) is 17.3 Å². The molecule has 0 radical (unpaired) electrons. The van der Waals surface area contributed by atoms with Gasteiger partial charge in [-0.1, -0.05) is 17.8 Å². The fourth-order valence-electron chi connectivity index (χ4n) is 2.51. The summed E-state index contributed by atoms with van der Waals surface area (Å²) in [5.41, 5.74) is 0.529. The average molecular weight is 390 g/mol. The first-order chi connectivity index (χ1) is 12.7. The highest BCUT2D eigenvalue weighted by molar-refractivity contribution is 7.99. The number of ether oxygens (including phenoxy) is 2. The zero-order valence-electron chi connectivity index (χ0n) is 14.8. The van der Waals surface area contributed by atoms with E-state index >= 15 is 0 Å². The molecular weight excluding hydrogens is 370 g/mol. The number of carbonyl (C=O) groups excluding carboxylic acids is 1. The number of aromatic nitrogens is 3. The largest absolute Gasteiger partial charge is 0.497 e. The lowest BCUT2D eigenvalue weighted by molar-refractivity contribution is 0.101. The highest BCUT2D eigenvalue weighted by atomic mass is 32.2. The highest BCUT2D eigenvalue weighted by Gasteiger charge is 2.18. The normalized spacial score (nSPS) is 10.7. The summed E-state index contributed by atoms with van der Waals surface area (Å²) in [6, 6.07) is 9.19. The molecule has 0 saturated carbocycles. The fourth-order valence-corrected chi connectivity index (χ4v) is 4.11. The molecule has 3 aromatic rings. The van der Waals surface area contributed by atoms with Crippen LogP contribution >= 0.6 is 23.1 Å². The van der Waals surface area contributed by atoms with Gasteiger partial charge in [0, 0.05) is 12.6 Å². The van der Waals surface area contributed by atoms with E-state index in [0.29, 0.717) is 17.1 Å². The molecule has 1 aromatic carbocycles. The third kappa shape index (κ3) is 3.76. The highest BCUT2D eigenvalue weighted by Crippen LogP contribution is 2.29. The lowest BCUT2D eigenvalue weighted by Gasteiger charge is -2.10. The van der Waals surface area contributed by atoms with Gasteiger partial charge in [0.2, 0.25) is 0 Å². The average Bonchev–Trinajstić information content (AvgIpc) is 3.34. The number of rotatable bonds is 8. The summed E-state index contributed by atoms with van der Waals surface area (Å²) in [6.07, 6.45) is 0. The number of Topliss-reactive ketones (excluding diaryl/α,β-unsaturated/α-hetero) is 1. The zero-order valence-corrected chi connectivity index (χ0v) is 16.4. The van der Waals surface area contributed by atoms with Crippen LogP contribution < -0.4 is 9.47 Å². The molecule has 0 atom stereocenters. The molecule has 0 fully saturated rings. The van der Waals surface area contributed by atoms with E-state index in [0.717, 1.165) is 22.4 Å². The van der Waals surface area contributed by atoms with Crippen LogP contribution in [0.2, 0.25) is 0 Å². The van der Waals surface area contributed by atoms with Gasteiger partial charge in [0.05, 0.1) is 30.4 Å². The summed E-state index contributed by atoms with van der Waals surface area (Å²) in [4.78, 5) is 13.7. The van der Waals surface area contributed by atoms with Gasteiger partial charge in [-0.05, 0) is 30.5 Å². The van der Waals surface area contributed by atoms with E-state index in [1.807, 2.05) is 29.0 Å². The van der Waals surface area contributed by atoms with Gasteiger partial charge in [0.15, 0.2) is 16.8 Å². The zero-order chi connectivity index (χ0) is 18.5. The van der Waals surface area contributed by atoms with Crippen molar-refractivity contribution in [2.24, 2.45) is 0 Å². The molecule has 8 heteroatoms. The van der Waals surface area contributed by atoms with Gasteiger partial charge in [-0.2, -0.15) is 0 Å². The second kappa shape index (κ2) is 8.37. The Morgan fingerprint density at radius 2 is 2.08 bits per heavy atom. The van der Waals surface area contributed by atoms with Gasteiger partial charge in [0.25, 0.3) is 0 Å². The van der Waals surface area contributed by atoms with Crippen molar-refractivity contribution in [3.63, 3.8) is 0 Å². The van der Waals surface area contributed by atoms with Gasteiger partial charge >= 0.3 is 0 Å². The van der Waals surface area contributed by atoms with Crippen LogP contribution in [-0.2, 0) is 6.54 Å².